The topological polar surface area (TPSA) is 59.1 Å². The lowest BCUT2D eigenvalue weighted by Crippen LogP contribution is -2.48. The number of halogens is 1. The minimum absolute atomic E-state index is 0.0121. The number of likely N-dealkylation sites (tertiary alicyclic amines) is 1. The molecule has 2 unspecified atom stereocenters. The monoisotopic (exact) mass is 472 g/mol. The summed E-state index contributed by atoms with van der Waals surface area (Å²) in [6.45, 7) is 3.08. The molecule has 2 atom stereocenters. The Hall–Kier alpha value is -2.73. The lowest BCUT2D eigenvalue weighted by atomic mass is 9.82. The van der Waals surface area contributed by atoms with Gasteiger partial charge in [-0.2, -0.15) is 0 Å². The summed E-state index contributed by atoms with van der Waals surface area (Å²) in [7, 11) is 5.01. The van der Waals surface area contributed by atoms with Crippen LogP contribution in [0, 0.1) is 5.92 Å². The number of benzene rings is 2. The molecule has 1 heterocycles. The molecule has 1 aliphatic rings. The molecule has 0 aromatic heterocycles. The number of methoxy groups -OCH3 is 2. The molecule has 1 saturated heterocycles. The van der Waals surface area contributed by atoms with Gasteiger partial charge < -0.3 is 19.3 Å². The zero-order valence-electron chi connectivity index (χ0n) is 19.8. The van der Waals surface area contributed by atoms with Gasteiger partial charge in [-0.3, -0.25) is 9.59 Å². The second kappa shape index (κ2) is 11.4. The van der Waals surface area contributed by atoms with Crippen molar-refractivity contribution in [3.05, 3.63) is 58.6 Å². The van der Waals surface area contributed by atoms with Gasteiger partial charge in [0, 0.05) is 42.7 Å². The van der Waals surface area contributed by atoms with Crippen LogP contribution in [0.5, 0.6) is 11.5 Å². The standard InChI is InChI=1S/C26H33ClN2O4/c1-5-6-15-29-24(30)14-12-21(25(29)20-9-7-8-10-23(20)33-4)26(31)28(2)17-18-16-19(27)11-13-22(18)32-3/h7-11,13,16,21,25H,5-6,12,14-15,17H2,1-4H3. The van der Waals surface area contributed by atoms with Crippen LogP contribution in [0.15, 0.2) is 42.5 Å². The average molecular weight is 473 g/mol. The van der Waals surface area contributed by atoms with Crippen molar-refractivity contribution in [1.82, 2.24) is 9.80 Å². The van der Waals surface area contributed by atoms with Crippen molar-refractivity contribution in [2.45, 2.75) is 45.2 Å². The molecule has 1 aliphatic heterocycles. The van der Waals surface area contributed by atoms with Gasteiger partial charge >= 0.3 is 0 Å². The summed E-state index contributed by atoms with van der Waals surface area (Å²) in [6, 6.07) is 12.7. The minimum atomic E-state index is -0.370. The van der Waals surface area contributed by atoms with Crippen molar-refractivity contribution in [1.29, 1.82) is 0 Å². The Bertz CT molecular complexity index is 981. The third kappa shape index (κ3) is 5.61. The molecular weight excluding hydrogens is 440 g/mol. The number of hydrogen-bond donors (Lipinski definition) is 0. The van der Waals surface area contributed by atoms with E-state index in [-0.39, 0.29) is 23.8 Å². The lowest BCUT2D eigenvalue weighted by molar-refractivity contribution is -0.147. The van der Waals surface area contributed by atoms with E-state index in [0.29, 0.717) is 42.5 Å². The van der Waals surface area contributed by atoms with E-state index in [1.54, 1.807) is 38.3 Å². The summed E-state index contributed by atoms with van der Waals surface area (Å²) in [5.41, 5.74) is 1.71. The Kier molecular flexibility index (Phi) is 8.61. The van der Waals surface area contributed by atoms with Gasteiger partial charge in [0.15, 0.2) is 0 Å². The van der Waals surface area contributed by atoms with Gasteiger partial charge in [-0.05, 0) is 37.1 Å². The second-order valence-electron chi connectivity index (χ2n) is 8.42. The number of rotatable bonds is 9. The van der Waals surface area contributed by atoms with Crippen molar-refractivity contribution < 1.29 is 19.1 Å². The van der Waals surface area contributed by atoms with Crippen molar-refractivity contribution in [3.63, 3.8) is 0 Å². The Labute approximate surface area is 201 Å². The van der Waals surface area contributed by atoms with E-state index >= 15 is 0 Å². The quantitative estimate of drug-likeness (QED) is 0.509. The molecule has 33 heavy (non-hydrogen) atoms. The summed E-state index contributed by atoms with van der Waals surface area (Å²) in [6.07, 6.45) is 2.71. The maximum atomic E-state index is 13.8. The van der Waals surface area contributed by atoms with Crippen LogP contribution in [0.4, 0.5) is 0 Å². The van der Waals surface area contributed by atoms with E-state index in [9.17, 15) is 9.59 Å². The molecule has 6 nitrogen and oxygen atoms in total. The summed E-state index contributed by atoms with van der Waals surface area (Å²) >= 11 is 6.19. The Morgan fingerprint density at radius 1 is 1.15 bits per heavy atom. The zero-order valence-corrected chi connectivity index (χ0v) is 20.6. The molecule has 2 aromatic carbocycles. The van der Waals surface area contributed by atoms with E-state index in [0.717, 1.165) is 24.0 Å². The fourth-order valence-electron chi connectivity index (χ4n) is 4.59. The molecule has 0 bridgehead atoms. The zero-order chi connectivity index (χ0) is 24.0. The van der Waals surface area contributed by atoms with Crippen LogP contribution in [0.1, 0.15) is 49.8 Å². The summed E-state index contributed by atoms with van der Waals surface area (Å²) in [4.78, 5) is 30.3. The highest BCUT2D eigenvalue weighted by molar-refractivity contribution is 6.30. The Morgan fingerprint density at radius 2 is 1.88 bits per heavy atom. The van der Waals surface area contributed by atoms with Crippen LogP contribution < -0.4 is 9.47 Å². The van der Waals surface area contributed by atoms with Gasteiger partial charge in [-0.1, -0.05) is 43.1 Å². The number of nitrogens with zero attached hydrogens (tertiary/aromatic N) is 2. The second-order valence-corrected chi connectivity index (χ2v) is 8.86. The van der Waals surface area contributed by atoms with E-state index in [2.05, 4.69) is 6.92 Å². The number of carbonyl (C=O) groups excluding carboxylic acids is 2. The van der Waals surface area contributed by atoms with Gasteiger partial charge in [0.25, 0.3) is 0 Å². The van der Waals surface area contributed by atoms with Crippen molar-refractivity contribution in [2.24, 2.45) is 5.92 Å². The number of hydrogen-bond acceptors (Lipinski definition) is 4. The molecule has 178 valence electrons. The van der Waals surface area contributed by atoms with Gasteiger partial charge in [-0.25, -0.2) is 0 Å². The third-order valence-electron chi connectivity index (χ3n) is 6.26. The predicted molar refractivity (Wildman–Crippen MR) is 130 cm³/mol. The normalized spacial score (nSPS) is 18.2. The summed E-state index contributed by atoms with van der Waals surface area (Å²) in [5, 5.41) is 0.590. The molecule has 1 fully saturated rings. The molecule has 0 saturated carbocycles. The SMILES string of the molecule is CCCCN1C(=O)CCC(C(=O)N(C)Cc2cc(Cl)ccc2OC)C1c1ccccc1OC. The molecule has 7 heteroatoms. The van der Waals surface area contributed by atoms with Gasteiger partial charge in [0.05, 0.1) is 26.2 Å². The number of para-hydroxylation sites is 1. The van der Waals surface area contributed by atoms with Crippen LogP contribution in [0.25, 0.3) is 0 Å². The predicted octanol–water partition coefficient (Wildman–Crippen LogP) is 5.10. The number of ether oxygens (including phenoxy) is 2. The highest BCUT2D eigenvalue weighted by atomic mass is 35.5. The van der Waals surface area contributed by atoms with E-state index in [4.69, 9.17) is 21.1 Å². The molecule has 2 aromatic rings. The molecular formula is C26H33ClN2O4. The highest BCUT2D eigenvalue weighted by Gasteiger charge is 2.42. The summed E-state index contributed by atoms with van der Waals surface area (Å²) < 4.78 is 11.1. The van der Waals surface area contributed by atoms with Crippen LogP contribution >= 0.6 is 11.6 Å². The first-order valence-corrected chi connectivity index (χ1v) is 11.8. The average Bonchev–Trinajstić information content (AvgIpc) is 2.82. The lowest BCUT2D eigenvalue weighted by Gasteiger charge is -2.42. The highest BCUT2D eigenvalue weighted by Crippen LogP contribution is 2.41. The maximum Gasteiger partial charge on any atom is 0.228 e. The minimum Gasteiger partial charge on any atom is -0.496 e. The summed E-state index contributed by atoms with van der Waals surface area (Å²) in [5.74, 6) is 1.08. The van der Waals surface area contributed by atoms with Crippen LogP contribution in [0.2, 0.25) is 5.02 Å². The molecule has 0 spiro atoms. The molecule has 0 aliphatic carbocycles. The van der Waals surface area contributed by atoms with Gasteiger partial charge in [0.1, 0.15) is 11.5 Å². The van der Waals surface area contributed by atoms with Crippen molar-refractivity contribution in [2.75, 3.05) is 27.8 Å². The van der Waals surface area contributed by atoms with Crippen molar-refractivity contribution in [3.8, 4) is 11.5 Å². The van der Waals surface area contributed by atoms with Gasteiger partial charge in [0.2, 0.25) is 11.8 Å². The first-order valence-electron chi connectivity index (χ1n) is 11.4. The fourth-order valence-corrected chi connectivity index (χ4v) is 4.78. The smallest absolute Gasteiger partial charge is 0.228 e. The molecule has 0 radical (unpaired) electrons. The largest absolute Gasteiger partial charge is 0.496 e. The number of carbonyl (C=O) groups is 2. The fraction of sp³-hybridized carbons (Fsp3) is 0.462. The number of piperidine rings is 1. The van der Waals surface area contributed by atoms with E-state index in [1.165, 1.54) is 0 Å². The molecule has 3 rings (SSSR count). The van der Waals surface area contributed by atoms with E-state index in [1.807, 2.05) is 35.2 Å². The number of amides is 2. The van der Waals surface area contributed by atoms with Crippen LogP contribution in [-0.2, 0) is 16.1 Å². The van der Waals surface area contributed by atoms with E-state index < -0.39 is 0 Å². The third-order valence-corrected chi connectivity index (χ3v) is 6.50. The molecule has 2 amide bonds. The van der Waals surface area contributed by atoms with Crippen LogP contribution in [-0.4, -0.2) is 49.4 Å². The van der Waals surface area contributed by atoms with Crippen LogP contribution in [0.3, 0.4) is 0 Å². The first kappa shape index (κ1) is 24.9. The Morgan fingerprint density at radius 3 is 2.58 bits per heavy atom. The first-order chi connectivity index (χ1) is 15.9. The number of unbranched alkanes of at least 4 members (excludes halogenated alkanes) is 1. The maximum absolute atomic E-state index is 13.8. The van der Waals surface area contributed by atoms with Crippen molar-refractivity contribution >= 4 is 23.4 Å². The van der Waals surface area contributed by atoms with Gasteiger partial charge in [-0.15, -0.1) is 0 Å². The molecule has 0 N–H and O–H groups in total. The Balaban J connectivity index is 1.95.